The van der Waals surface area contributed by atoms with E-state index in [1.54, 1.807) is 60.8 Å². The largest absolute Gasteiger partial charge is 0.491 e. The third-order valence-corrected chi connectivity index (χ3v) is 4.44. The summed E-state index contributed by atoms with van der Waals surface area (Å²) in [7, 11) is 0. The molecule has 2 N–H and O–H groups in total. The maximum absolute atomic E-state index is 12.3. The molecule has 0 bridgehead atoms. The first-order valence-corrected chi connectivity index (χ1v) is 10.5. The number of anilines is 1. The molecule has 0 aliphatic rings. The number of pyridine rings is 1. The van der Waals surface area contributed by atoms with Crippen LogP contribution in [0.5, 0.6) is 17.4 Å². The number of nitrogens with zero attached hydrogens (tertiary/aromatic N) is 1. The van der Waals surface area contributed by atoms with Crippen molar-refractivity contribution in [2.45, 2.75) is 26.4 Å². The van der Waals surface area contributed by atoms with Gasteiger partial charge in [-0.15, -0.1) is 0 Å². The van der Waals surface area contributed by atoms with Crippen LogP contribution in [0.25, 0.3) is 0 Å². The van der Waals surface area contributed by atoms with Gasteiger partial charge in [0, 0.05) is 12.3 Å². The Kier molecular flexibility index (Phi) is 8.37. The highest BCUT2D eigenvalue weighted by Crippen LogP contribution is 2.23. The van der Waals surface area contributed by atoms with Crippen LogP contribution in [0, 0.1) is 0 Å². The molecule has 33 heavy (non-hydrogen) atoms. The Hall–Kier alpha value is -3.91. The molecule has 0 unspecified atom stereocenters. The molecule has 0 saturated carbocycles. The average Bonchev–Trinajstić information content (AvgIpc) is 2.79. The lowest BCUT2D eigenvalue weighted by Crippen LogP contribution is -2.16. The van der Waals surface area contributed by atoms with Crippen LogP contribution in [-0.4, -0.2) is 41.3 Å². The second-order valence-corrected chi connectivity index (χ2v) is 7.42. The van der Waals surface area contributed by atoms with Gasteiger partial charge in [0.1, 0.15) is 18.1 Å². The lowest BCUT2D eigenvalue weighted by atomic mass is 10.1. The minimum atomic E-state index is -1.10. The Morgan fingerprint density at radius 3 is 2.36 bits per heavy atom. The van der Waals surface area contributed by atoms with E-state index in [4.69, 9.17) is 14.2 Å². The zero-order valence-corrected chi connectivity index (χ0v) is 18.5. The SMILES string of the molecule is CC(C)OCCOc1ccc(Oc2ccc(CC(=O)Nc3ccccc3C(=O)O)cn2)cc1. The van der Waals surface area contributed by atoms with Gasteiger partial charge in [-0.25, -0.2) is 9.78 Å². The molecular weight excluding hydrogens is 424 g/mol. The molecule has 0 aliphatic carbocycles. The predicted molar refractivity (Wildman–Crippen MR) is 123 cm³/mol. The Bertz CT molecular complexity index is 1070. The second kappa shape index (κ2) is 11.6. The summed E-state index contributed by atoms with van der Waals surface area (Å²) in [5, 5.41) is 11.8. The molecule has 3 rings (SSSR count). The number of carboxylic acid groups (broad SMARTS) is 1. The molecule has 2 aromatic carbocycles. The monoisotopic (exact) mass is 450 g/mol. The number of hydrogen-bond acceptors (Lipinski definition) is 6. The molecule has 1 heterocycles. The number of carbonyl (C=O) groups is 2. The van der Waals surface area contributed by atoms with Crippen molar-refractivity contribution in [3.05, 3.63) is 78.0 Å². The Balaban J connectivity index is 1.50. The normalized spacial score (nSPS) is 10.6. The predicted octanol–water partition coefficient (Wildman–Crippen LogP) is 4.56. The zero-order valence-electron chi connectivity index (χ0n) is 18.5. The third-order valence-electron chi connectivity index (χ3n) is 4.44. The standard InChI is InChI=1S/C25H26N2O6/c1-17(2)31-13-14-32-19-8-10-20(11-9-19)33-24-12-7-18(16-26-24)15-23(28)27-22-6-4-3-5-21(22)25(29)30/h3-12,16-17H,13-15H2,1-2H3,(H,27,28)(H,29,30). The smallest absolute Gasteiger partial charge is 0.337 e. The van der Waals surface area contributed by atoms with Gasteiger partial charge >= 0.3 is 5.97 Å². The summed E-state index contributed by atoms with van der Waals surface area (Å²) >= 11 is 0. The number of ether oxygens (including phenoxy) is 3. The summed E-state index contributed by atoms with van der Waals surface area (Å²) in [5.74, 6) is 0.259. The number of nitrogens with one attached hydrogen (secondary N) is 1. The fourth-order valence-corrected chi connectivity index (χ4v) is 2.90. The molecule has 8 heteroatoms. The van der Waals surface area contributed by atoms with E-state index in [0.29, 0.717) is 36.2 Å². The van der Waals surface area contributed by atoms with Gasteiger partial charge in [-0.05, 0) is 55.8 Å². The number of carbonyl (C=O) groups excluding carboxylic acids is 1. The number of rotatable bonds is 11. The van der Waals surface area contributed by atoms with Crippen LogP contribution in [0.1, 0.15) is 29.8 Å². The van der Waals surface area contributed by atoms with Crippen LogP contribution < -0.4 is 14.8 Å². The van der Waals surface area contributed by atoms with Crippen molar-refractivity contribution in [3.63, 3.8) is 0 Å². The van der Waals surface area contributed by atoms with Crippen LogP contribution >= 0.6 is 0 Å². The highest BCUT2D eigenvalue weighted by molar-refractivity contribution is 6.00. The second-order valence-electron chi connectivity index (χ2n) is 7.42. The summed E-state index contributed by atoms with van der Waals surface area (Å²) in [5.41, 5.74) is 0.954. The molecule has 8 nitrogen and oxygen atoms in total. The molecule has 1 aromatic heterocycles. The van der Waals surface area contributed by atoms with Crippen molar-refractivity contribution in [2.75, 3.05) is 18.5 Å². The van der Waals surface area contributed by atoms with Crippen molar-refractivity contribution in [1.82, 2.24) is 4.98 Å². The van der Waals surface area contributed by atoms with E-state index < -0.39 is 5.97 Å². The first-order chi connectivity index (χ1) is 15.9. The van der Waals surface area contributed by atoms with Crippen LogP contribution in [0.15, 0.2) is 66.9 Å². The summed E-state index contributed by atoms with van der Waals surface area (Å²) < 4.78 is 16.8. The van der Waals surface area contributed by atoms with Gasteiger partial charge in [-0.3, -0.25) is 4.79 Å². The minimum Gasteiger partial charge on any atom is -0.491 e. The average molecular weight is 450 g/mol. The Morgan fingerprint density at radius 2 is 1.70 bits per heavy atom. The topological polar surface area (TPSA) is 107 Å². The van der Waals surface area contributed by atoms with E-state index in [2.05, 4.69) is 10.3 Å². The van der Waals surface area contributed by atoms with Gasteiger partial charge in [-0.1, -0.05) is 18.2 Å². The fraction of sp³-hybridized carbons (Fsp3) is 0.240. The van der Waals surface area contributed by atoms with E-state index in [1.165, 1.54) is 6.07 Å². The highest BCUT2D eigenvalue weighted by Gasteiger charge is 2.12. The van der Waals surface area contributed by atoms with Gasteiger partial charge in [-0.2, -0.15) is 0 Å². The number of para-hydroxylation sites is 1. The molecule has 0 saturated heterocycles. The van der Waals surface area contributed by atoms with E-state index in [-0.39, 0.29) is 29.7 Å². The summed E-state index contributed by atoms with van der Waals surface area (Å²) in [4.78, 5) is 27.8. The van der Waals surface area contributed by atoms with Crippen LogP contribution in [-0.2, 0) is 16.0 Å². The highest BCUT2D eigenvalue weighted by atomic mass is 16.5. The summed E-state index contributed by atoms with van der Waals surface area (Å²) in [6, 6.07) is 16.8. The lowest BCUT2D eigenvalue weighted by molar-refractivity contribution is -0.115. The van der Waals surface area contributed by atoms with Gasteiger partial charge in [0.15, 0.2) is 0 Å². The maximum atomic E-state index is 12.3. The van der Waals surface area contributed by atoms with Gasteiger partial charge < -0.3 is 24.6 Å². The molecule has 0 radical (unpaired) electrons. The number of hydrogen-bond donors (Lipinski definition) is 2. The number of aromatic nitrogens is 1. The molecule has 0 atom stereocenters. The van der Waals surface area contributed by atoms with Crippen molar-refractivity contribution < 1.29 is 28.9 Å². The van der Waals surface area contributed by atoms with Crippen LogP contribution in [0.4, 0.5) is 5.69 Å². The first kappa shape index (κ1) is 23.7. The molecule has 0 fully saturated rings. The lowest BCUT2D eigenvalue weighted by Gasteiger charge is -2.10. The summed E-state index contributed by atoms with van der Waals surface area (Å²) in [6.45, 7) is 4.94. The molecule has 0 aliphatic heterocycles. The van der Waals surface area contributed by atoms with Crippen LogP contribution in [0.3, 0.4) is 0 Å². The quantitative estimate of drug-likeness (QED) is 0.413. The number of aromatic carboxylic acids is 1. The van der Waals surface area contributed by atoms with Crippen molar-refractivity contribution >= 4 is 17.6 Å². The molecule has 0 spiro atoms. The van der Waals surface area contributed by atoms with Gasteiger partial charge in [0.05, 0.1) is 30.4 Å². The molecule has 3 aromatic rings. The van der Waals surface area contributed by atoms with Crippen molar-refractivity contribution in [1.29, 1.82) is 0 Å². The summed E-state index contributed by atoms with van der Waals surface area (Å²) in [6.07, 6.45) is 1.77. The molecule has 172 valence electrons. The molecule has 1 amide bonds. The van der Waals surface area contributed by atoms with Crippen LogP contribution in [0.2, 0.25) is 0 Å². The molecular formula is C25H26N2O6. The fourth-order valence-electron chi connectivity index (χ4n) is 2.90. The number of benzene rings is 2. The third kappa shape index (κ3) is 7.62. The van der Waals surface area contributed by atoms with E-state index in [1.807, 2.05) is 13.8 Å². The van der Waals surface area contributed by atoms with E-state index in [9.17, 15) is 14.7 Å². The number of carboxylic acids is 1. The maximum Gasteiger partial charge on any atom is 0.337 e. The van der Waals surface area contributed by atoms with E-state index in [0.717, 1.165) is 0 Å². The van der Waals surface area contributed by atoms with Gasteiger partial charge in [0.2, 0.25) is 11.8 Å². The van der Waals surface area contributed by atoms with Crippen molar-refractivity contribution in [2.24, 2.45) is 0 Å². The minimum absolute atomic E-state index is 0.0352. The number of amides is 1. The Morgan fingerprint density at radius 1 is 0.970 bits per heavy atom. The van der Waals surface area contributed by atoms with E-state index >= 15 is 0 Å². The first-order valence-electron chi connectivity index (χ1n) is 10.5. The Labute approximate surface area is 192 Å². The van der Waals surface area contributed by atoms with Gasteiger partial charge in [0.25, 0.3) is 0 Å². The zero-order chi connectivity index (χ0) is 23.6. The van der Waals surface area contributed by atoms with Crippen molar-refractivity contribution in [3.8, 4) is 17.4 Å².